The van der Waals surface area contributed by atoms with Crippen molar-refractivity contribution in [3.05, 3.63) is 137 Å². The van der Waals surface area contributed by atoms with Crippen molar-refractivity contribution in [3.8, 4) is 52.8 Å². The van der Waals surface area contributed by atoms with Crippen LogP contribution in [0.4, 0.5) is 17.1 Å². The Balaban J connectivity index is 2.04. The van der Waals surface area contributed by atoms with Crippen molar-refractivity contribution in [2.24, 2.45) is 0 Å². The van der Waals surface area contributed by atoms with Crippen molar-refractivity contribution in [1.82, 2.24) is 0 Å². The Morgan fingerprint density at radius 1 is 0.348 bits per heavy atom. The third-order valence-corrected chi connectivity index (χ3v) is 10.8. The van der Waals surface area contributed by atoms with E-state index in [-0.39, 0.29) is 17.1 Å². The van der Waals surface area contributed by atoms with Gasteiger partial charge in [-0.05, 0) is 55.7 Å². The lowest BCUT2D eigenvalue weighted by Gasteiger charge is -2.21. The number of unbranched alkanes of at least 4 members (excludes halogenated alkanes) is 15. The molecule has 0 saturated carbocycles. The van der Waals surface area contributed by atoms with Gasteiger partial charge in [-0.1, -0.05) is 153 Å². The Kier molecular flexibility index (Phi) is 23.2. The molecule has 4 aromatic rings. The lowest BCUT2D eigenvalue weighted by atomic mass is 9.98. The second-order valence-corrected chi connectivity index (χ2v) is 16.1. The van der Waals surface area contributed by atoms with Crippen molar-refractivity contribution >= 4 is 17.1 Å². The van der Waals surface area contributed by atoms with Crippen LogP contribution >= 0.6 is 0 Å². The second kappa shape index (κ2) is 29.6. The van der Waals surface area contributed by atoms with Crippen molar-refractivity contribution in [1.29, 1.82) is 0 Å². The molecule has 4 rings (SSSR count). The summed E-state index contributed by atoms with van der Waals surface area (Å²) in [7, 11) is 0. The van der Waals surface area contributed by atoms with E-state index in [0.29, 0.717) is 70.4 Å². The minimum atomic E-state index is -0.463. The van der Waals surface area contributed by atoms with Crippen LogP contribution in [0, 0.1) is 65.9 Å². The van der Waals surface area contributed by atoms with Gasteiger partial charge in [-0.3, -0.25) is 30.3 Å². The minimum absolute atomic E-state index is 0.0639. The van der Waals surface area contributed by atoms with E-state index in [2.05, 4.69) is 56.3 Å². The van der Waals surface area contributed by atoms with Crippen LogP contribution < -0.4 is 14.2 Å². The molecule has 0 unspecified atom stereocenters. The Labute approximate surface area is 390 Å². The number of nitro benzene ring substituents is 3. The monoisotopic (exact) mass is 897 g/mol. The van der Waals surface area contributed by atoms with E-state index in [0.717, 1.165) is 116 Å². The van der Waals surface area contributed by atoms with Gasteiger partial charge in [0.05, 0.1) is 34.6 Å². The molecule has 0 saturated heterocycles. The second-order valence-electron chi connectivity index (χ2n) is 16.1. The van der Waals surface area contributed by atoms with Crippen molar-refractivity contribution in [2.75, 3.05) is 19.8 Å². The third kappa shape index (κ3) is 17.6. The van der Waals surface area contributed by atoms with E-state index in [9.17, 15) is 30.3 Å². The zero-order valence-electron chi connectivity index (χ0n) is 38.8. The number of ether oxygens (including phenoxy) is 3. The predicted octanol–water partition coefficient (Wildman–Crippen LogP) is 13.8. The summed E-state index contributed by atoms with van der Waals surface area (Å²) in [5, 5.41) is 34.5. The molecule has 0 aliphatic heterocycles. The normalized spacial score (nSPS) is 10.4. The maximum absolute atomic E-state index is 11.5. The standard InChI is InChI=1S/C54H63N3O9/c1-4-7-10-13-16-19-40-64-52-49(37-28-43-22-31-46(32-23-43)55(58)59)53(65-41-20-17-14-11-8-5-2)51(39-30-45-26-35-48(36-27-45)57(62)63)54(66-42-21-18-15-12-9-6-3)50(52)38-29-44-24-33-47(34-25-44)56(60)61/h22-27,31-36H,4-21,40-42H2,1-3H3. The summed E-state index contributed by atoms with van der Waals surface area (Å²) in [6.45, 7) is 7.56. The Morgan fingerprint density at radius 2 is 0.576 bits per heavy atom. The van der Waals surface area contributed by atoms with Gasteiger partial charge in [0.25, 0.3) is 17.1 Å². The van der Waals surface area contributed by atoms with Crippen LogP contribution in [0.5, 0.6) is 17.2 Å². The summed E-state index contributed by atoms with van der Waals surface area (Å²) in [5.74, 6) is 20.5. The molecule has 0 heterocycles. The van der Waals surface area contributed by atoms with E-state index in [4.69, 9.17) is 14.2 Å². The number of hydrogen-bond acceptors (Lipinski definition) is 9. The summed E-state index contributed by atoms with van der Waals surface area (Å²) >= 11 is 0. The molecular weight excluding hydrogens is 835 g/mol. The van der Waals surface area contributed by atoms with Gasteiger partial charge in [0.15, 0.2) is 17.2 Å². The molecule has 0 spiro atoms. The first-order chi connectivity index (χ1) is 32.2. The Bertz CT molecular complexity index is 2070. The SMILES string of the molecule is CCCCCCCCOc1c(C#Cc2ccc([N+](=O)[O-])cc2)c(OCCCCCCCC)c(C#Cc2ccc([N+](=O)[O-])cc2)c(OCCCCCCCC)c1C#Cc1ccc([N+](=O)[O-])cc1. The number of nitro groups is 3. The quantitative estimate of drug-likeness (QED) is 0.0246. The van der Waals surface area contributed by atoms with E-state index < -0.39 is 14.8 Å². The van der Waals surface area contributed by atoms with Crippen molar-refractivity contribution < 1.29 is 29.0 Å². The first kappa shape index (κ1) is 51.8. The van der Waals surface area contributed by atoms with E-state index >= 15 is 0 Å². The number of nitrogens with zero attached hydrogens (tertiary/aromatic N) is 3. The molecule has 0 amide bonds. The highest BCUT2D eigenvalue weighted by Gasteiger charge is 2.27. The molecule has 0 N–H and O–H groups in total. The fraction of sp³-hybridized carbons (Fsp3) is 0.444. The smallest absolute Gasteiger partial charge is 0.269 e. The molecule has 0 bridgehead atoms. The highest BCUT2D eigenvalue weighted by molar-refractivity contribution is 5.76. The van der Waals surface area contributed by atoms with Gasteiger partial charge in [0.1, 0.15) is 16.7 Å². The zero-order valence-corrected chi connectivity index (χ0v) is 38.8. The number of rotatable bonds is 27. The van der Waals surface area contributed by atoms with Gasteiger partial charge in [-0.2, -0.15) is 0 Å². The van der Waals surface area contributed by atoms with E-state index in [1.165, 1.54) is 36.4 Å². The van der Waals surface area contributed by atoms with Crippen LogP contribution in [-0.4, -0.2) is 34.6 Å². The fourth-order valence-electron chi connectivity index (χ4n) is 7.03. The van der Waals surface area contributed by atoms with Gasteiger partial charge in [-0.15, -0.1) is 0 Å². The lowest BCUT2D eigenvalue weighted by molar-refractivity contribution is -0.385. The largest absolute Gasteiger partial charge is 0.491 e. The van der Waals surface area contributed by atoms with Crippen molar-refractivity contribution in [3.63, 3.8) is 0 Å². The topological polar surface area (TPSA) is 157 Å². The van der Waals surface area contributed by atoms with Crippen LogP contribution in [0.3, 0.4) is 0 Å². The molecular formula is C54H63N3O9. The number of hydrogen-bond donors (Lipinski definition) is 0. The van der Waals surface area contributed by atoms with Crippen LogP contribution in [0.1, 0.15) is 170 Å². The number of benzene rings is 4. The maximum Gasteiger partial charge on any atom is 0.269 e. The Hall–Kier alpha value is -6.84. The molecule has 0 aliphatic carbocycles. The highest BCUT2D eigenvalue weighted by Crippen LogP contribution is 2.44. The molecule has 0 atom stereocenters. The van der Waals surface area contributed by atoms with Crippen LogP contribution in [-0.2, 0) is 0 Å². The molecule has 66 heavy (non-hydrogen) atoms. The summed E-state index contributed by atoms with van der Waals surface area (Å²) in [6.07, 6.45) is 18.6. The van der Waals surface area contributed by atoms with Gasteiger partial charge < -0.3 is 14.2 Å². The van der Waals surface area contributed by atoms with Crippen molar-refractivity contribution in [2.45, 2.75) is 136 Å². The van der Waals surface area contributed by atoms with Crippen LogP contribution in [0.2, 0.25) is 0 Å². The molecule has 12 nitrogen and oxygen atoms in total. The summed E-state index contributed by atoms with van der Waals surface area (Å²) in [5.41, 5.74) is 2.48. The molecule has 0 aliphatic rings. The van der Waals surface area contributed by atoms with Gasteiger partial charge in [-0.25, -0.2) is 0 Å². The molecule has 4 aromatic carbocycles. The van der Waals surface area contributed by atoms with Gasteiger partial charge >= 0.3 is 0 Å². The summed E-state index contributed by atoms with van der Waals surface area (Å²) in [6, 6.07) is 17.9. The Morgan fingerprint density at radius 3 is 0.803 bits per heavy atom. The third-order valence-electron chi connectivity index (χ3n) is 10.8. The van der Waals surface area contributed by atoms with E-state index in [1.54, 1.807) is 36.4 Å². The molecule has 12 heteroatoms. The molecule has 0 fully saturated rings. The minimum Gasteiger partial charge on any atom is -0.491 e. The molecule has 0 aromatic heterocycles. The average Bonchev–Trinajstić information content (AvgIpc) is 3.32. The highest BCUT2D eigenvalue weighted by atomic mass is 16.6. The summed E-state index contributed by atoms with van der Waals surface area (Å²) < 4.78 is 20.3. The summed E-state index contributed by atoms with van der Waals surface area (Å²) in [4.78, 5) is 33.1. The van der Waals surface area contributed by atoms with E-state index in [1.807, 2.05) is 0 Å². The van der Waals surface area contributed by atoms with Gasteiger partial charge in [0, 0.05) is 53.1 Å². The van der Waals surface area contributed by atoms with Gasteiger partial charge in [0.2, 0.25) is 0 Å². The average molecular weight is 898 g/mol. The zero-order chi connectivity index (χ0) is 47.4. The first-order valence-corrected chi connectivity index (χ1v) is 23.6. The number of non-ortho nitro benzene ring substituents is 3. The van der Waals surface area contributed by atoms with Crippen LogP contribution in [0.25, 0.3) is 0 Å². The lowest BCUT2D eigenvalue weighted by Crippen LogP contribution is -2.11. The molecule has 0 radical (unpaired) electrons. The first-order valence-electron chi connectivity index (χ1n) is 23.6. The maximum atomic E-state index is 11.5. The van der Waals surface area contributed by atoms with Crippen LogP contribution in [0.15, 0.2) is 72.8 Å². The molecule has 348 valence electrons. The fourth-order valence-corrected chi connectivity index (χ4v) is 7.03. The predicted molar refractivity (Wildman–Crippen MR) is 260 cm³/mol.